The van der Waals surface area contributed by atoms with Crippen molar-refractivity contribution >= 4 is 11.9 Å². The van der Waals surface area contributed by atoms with Gasteiger partial charge in [-0.1, -0.05) is 12.1 Å². The summed E-state index contributed by atoms with van der Waals surface area (Å²) in [5.41, 5.74) is 0.576. The fourth-order valence-electron chi connectivity index (χ4n) is 2.13. The van der Waals surface area contributed by atoms with Gasteiger partial charge in [0, 0.05) is 18.1 Å². The molecule has 2 rings (SSSR count). The highest BCUT2D eigenvalue weighted by Gasteiger charge is 2.22. The third kappa shape index (κ3) is 4.36. The van der Waals surface area contributed by atoms with Gasteiger partial charge in [0.15, 0.2) is 0 Å². The van der Waals surface area contributed by atoms with Crippen molar-refractivity contribution in [3.63, 3.8) is 0 Å². The first kappa shape index (κ1) is 17.1. The molecule has 122 valence electrons. The van der Waals surface area contributed by atoms with Gasteiger partial charge in [-0.15, -0.1) is 0 Å². The van der Waals surface area contributed by atoms with Gasteiger partial charge in [-0.05, 0) is 29.8 Å². The molecule has 0 bridgehead atoms. The third-order valence-corrected chi connectivity index (χ3v) is 3.22. The molecule has 2 N–H and O–H groups in total. The van der Waals surface area contributed by atoms with Crippen LogP contribution in [0.5, 0.6) is 0 Å². The first-order valence-corrected chi connectivity index (χ1v) is 6.88. The van der Waals surface area contributed by atoms with Crippen LogP contribution in [0.25, 0.3) is 0 Å². The van der Waals surface area contributed by atoms with E-state index in [1.165, 1.54) is 6.07 Å². The molecule has 0 saturated heterocycles. The molecular formula is C17H12F2N2O3. The van der Waals surface area contributed by atoms with Crippen LogP contribution in [0.2, 0.25) is 0 Å². The molecule has 0 aliphatic heterocycles. The number of nitriles is 1. The lowest BCUT2D eigenvalue weighted by Gasteiger charge is -2.15. The zero-order valence-electron chi connectivity index (χ0n) is 12.3. The number of aliphatic carboxylic acids is 1. The van der Waals surface area contributed by atoms with E-state index >= 15 is 0 Å². The zero-order chi connectivity index (χ0) is 17.7. The predicted molar refractivity (Wildman–Crippen MR) is 80.1 cm³/mol. The molecule has 5 nitrogen and oxygen atoms in total. The van der Waals surface area contributed by atoms with Gasteiger partial charge >= 0.3 is 5.97 Å². The molecule has 0 fully saturated rings. The Morgan fingerprint density at radius 1 is 1.17 bits per heavy atom. The Bertz CT molecular complexity index is 811. The van der Waals surface area contributed by atoms with Crippen LogP contribution in [-0.4, -0.2) is 23.0 Å². The lowest BCUT2D eigenvalue weighted by molar-refractivity contribution is -0.139. The fraction of sp³-hybridized carbons (Fsp3) is 0.118. The molecule has 0 saturated carbocycles. The number of halogens is 2. The van der Waals surface area contributed by atoms with E-state index in [0.29, 0.717) is 17.2 Å². The summed E-state index contributed by atoms with van der Waals surface area (Å²) in [6.07, 6.45) is -0.0750. The van der Waals surface area contributed by atoms with Crippen LogP contribution >= 0.6 is 0 Å². The standard InChI is InChI=1S/C17H12F2N2O3/c18-13-6-12(7-14(19)8-13)16(22)21-15(17(23)24)5-10-2-1-3-11(4-10)9-20/h1-4,6-8,15H,5H2,(H,21,22)(H,23,24)/t15-/m0/s1. The van der Waals surface area contributed by atoms with Crippen molar-refractivity contribution in [2.45, 2.75) is 12.5 Å². The van der Waals surface area contributed by atoms with E-state index in [-0.39, 0.29) is 12.0 Å². The normalized spacial score (nSPS) is 11.4. The molecule has 0 aliphatic rings. The summed E-state index contributed by atoms with van der Waals surface area (Å²) in [5, 5.41) is 20.3. The van der Waals surface area contributed by atoms with E-state index in [9.17, 15) is 23.5 Å². The van der Waals surface area contributed by atoms with Crippen molar-refractivity contribution < 1.29 is 23.5 Å². The highest BCUT2D eigenvalue weighted by atomic mass is 19.1. The Hall–Kier alpha value is -3.27. The molecule has 0 aromatic heterocycles. The summed E-state index contributed by atoms with van der Waals surface area (Å²) in [4.78, 5) is 23.3. The molecule has 0 aliphatic carbocycles. The van der Waals surface area contributed by atoms with E-state index in [0.717, 1.165) is 12.1 Å². The number of benzene rings is 2. The molecule has 24 heavy (non-hydrogen) atoms. The topological polar surface area (TPSA) is 90.2 Å². The second-order valence-electron chi connectivity index (χ2n) is 5.04. The van der Waals surface area contributed by atoms with E-state index in [1.54, 1.807) is 18.2 Å². The molecular weight excluding hydrogens is 318 g/mol. The van der Waals surface area contributed by atoms with Crippen molar-refractivity contribution in [3.05, 3.63) is 70.8 Å². The van der Waals surface area contributed by atoms with Crippen LogP contribution in [0.15, 0.2) is 42.5 Å². The molecule has 0 radical (unpaired) electrons. The molecule has 1 amide bonds. The third-order valence-electron chi connectivity index (χ3n) is 3.22. The van der Waals surface area contributed by atoms with Gasteiger partial charge in [0.2, 0.25) is 0 Å². The molecule has 0 spiro atoms. The van der Waals surface area contributed by atoms with Crippen molar-refractivity contribution in [2.24, 2.45) is 0 Å². The zero-order valence-corrected chi connectivity index (χ0v) is 12.3. The number of amides is 1. The van der Waals surface area contributed by atoms with Crippen molar-refractivity contribution in [2.75, 3.05) is 0 Å². The Morgan fingerprint density at radius 3 is 2.42 bits per heavy atom. The van der Waals surface area contributed by atoms with Crippen LogP contribution in [0.4, 0.5) is 8.78 Å². The van der Waals surface area contributed by atoms with E-state index < -0.39 is 29.6 Å². The van der Waals surface area contributed by atoms with Gasteiger partial charge in [-0.2, -0.15) is 5.26 Å². The quantitative estimate of drug-likeness (QED) is 0.880. The van der Waals surface area contributed by atoms with E-state index in [2.05, 4.69) is 5.32 Å². The molecule has 2 aromatic rings. The first-order chi connectivity index (χ1) is 11.4. The van der Waals surface area contributed by atoms with Crippen molar-refractivity contribution in [1.29, 1.82) is 5.26 Å². The average Bonchev–Trinajstić information content (AvgIpc) is 2.53. The van der Waals surface area contributed by atoms with Gasteiger partial charge in [-0.25, -0.2) is 13.6 Å². The van der Waals surface area contributed by atoms with E-state index in [1.807, 2.05) is 6.07 Å². The SMILES string of the molecule is N#Cc1cccc(C[C@H](NC(=O)c2cc(F)cc(F)c2)C(=O)O)c1. The minimum Gasteiger partial charge on any atom is -0.480 e. The van der Waals surface area contributed by atoms with Crippen molar-refractivity contribution in [3.8, 4) is 6.07 Å². The summed E-state index contributed by atoms with van der Waals surface area (Å²) in [6.45, 7) is 0. The number of carbonyl (C=O) groups excluding carboxylic acids is 1. The number of carboxylic acid groups (broad SMARTS) is 1. The second-order valence-corrected chi connectivity index (χ2v) is 5.04. The minimum absolute atomic E-state index is 0.0750. The summed E-state index contributed by atoms with van der Waals surface area (Å²) in [5.74, 6) is -4.08. The highest BCUT2D eigenvalue weighted by Crippen LogP contribution is 2.10. The van der Waals surface area contributed by atoms with Gasteiger partial charge < -0.3 is 10.4 Å². The Morgan fingerprint density at radius 2 is 1.83 bits per heavy atom. The maximum atomic E-state index is 13.1. The summed E-state index contributed by atoms with van der Waals surface area (Å²) in [6, 6.07) is 9.14. The van der Waals surface area contributed by atoms with Crippen LogP contribution in [-0.2, 0) is 11.2 Å². The number of hydrogen-bond acceptors (Lipinski definition) is 3. The van der Waals surface area contributed by atoms with Crippen LogP contribution in [0, 0.1) is 23.0 Å². The van der Waals surface area contributed by atoms with E-state index in [4.69, 9.17) is 5.26 Å². The number of carbonyl (C=O) groups is 2. The average molecular weight is 330 g/mol. The largest absolute Gasteiger partial charge is 0.480 e. The lowest BCUT2D eigenvalue weighted by Crippen LogP contribution is -2.42. The van der Waals surface area contributed by atoms with Crippen molar-refractivity contribution in [1.82, 2.24) is 5.32 Å². The monoisotopic (exact) mass is 330 g/mol. The number of hydrogen-bond donors (Lipinski definition) is 2. The molecule has 1 atom stereocenters. The Balaban J connectivity index is 2.17. The first-order valence-electron chi connectivity index (χ1n) is 6.88. The summed E-state index contributed by atoms with van der Waals surface area (Å²) in [7, 11) is 0. The van der Waals surface area contributed by atoms with Crippen LogP contribution < -0.4 is 5.32 Å². The smallest absolute Gasteiger partial charge is 0.326 e. The number of carboxylic acids is 1. The Labute approximate surface area is 136 Å². The molecule has 7 heteroatoms. The van der Waals surface area contributed by atoms with Crippen LogP contribution in [0.3, 0.4) is 0 Å². The number of rotatable bonds is 5. The second kappa shape index (κ2) is 7.33. The van der Waals surface area contributed by atoms with Crippen LogP contribution in [0.1, 0.15) is 21.5 Å². The van der Waals surface area contributed by atoms with Gasteiger partial charge in [0.05, 0.1) is 11.6 Å². The summed E-state index contributed by atoms with van der Waals surface area (Å²) >= 11 is 0. The molecule has 2 aromatic carbocycles. The predicted octanol–water partition coefficient (Wildman–Crippen LogP) is 2.26. The Kier molecular flexibility index (Phi) is 5.22. The van der Waals surface area contributed by atoms with Gasteiger partial charge in [0.25, 0.3) is 5.91 Å². The van der Waals surface area contributed by atoms with Gasteiger partial charge in [-0.3, -0.25) is 4.79 Å². The highest BCUT2D eigenvalue weighted by molar-refractivity contribution is 5.96. The lowest BCUT2D eigenvalue weighted by atomic mass is 10.0. The number of nitrogens with one attached hydrogen (secondary N) is 1. The fourth-order valence-corrected chi connectivity index (χ4v) is 2.13. The molecule has 0 heterocycles. The number of nitrogens with zero attached hydrogens (tertiary/aromatic N) is 1. The minimum atomic E-state index is -1.31. The maximum absolute atomic E-state index is 13.1. The maximum Gasteiger partial charge on any atom is 0.326 e. The van der Waals surface area contributed by atoms with Gasteiger partial charge in [0.1, 0.15) is 17.7 Å². The summed E-state index contributed by atoms with van der Waals surface area (Å²) < 4.78 is 26.3. The molecule has 0 unspecified atom stereocenters.